The van der Waals surface area contributed by atoms with Crippen LogP contribution in [-0.4, -0.2) is 50.6 Å². The molecule has 26 heavy (non-hydrogen) atoms. The van der Waals surface area contributed by atoms with Gasteiger partial charge in [0.05, 0.1) is 24.4 Å². The van der Waals surface area contributed by atoms with Crippen LogP contribution in [0.3, 0.4) is 0 Å². The second kappa shape index (κ2) is 8.47. The Labute approximate surface area is 154 Å². The first kappa shape index (κ1) is 18.6. The summed E-state index contributed by atoms with van der Waals surface area (Å²) in [6.07, 6.45) is 5.24. The van der Waals surface area contributed by atoms with Crippen LogP contribution < -0.4 is 0 Å². The van der Waals surface area contributed by atoms with Crippen molar-refractivity contribution < 1.29 is 15.0 Å². The number of hydrogen-bond acceptors (Lipinski definition) is 4. The van der Waals surface area contributed by atoms with E-state index in [4.69, 9.17) is 10.2 Å². The molecule has 0 radical (unpaired) electrons. The summed E-state index contributed by atoms with van der Waals surface area (Å²) >= 11 is 0. The summed E-state index contributed by atoms with van der Waals surface area (Å²) in [6, 6.07) is 7.31. The molecule has 0 aliphatic carbocycles. The molecule has 2 N–H and O–H groups in total. The number of carbonyl (C=O) groups is 1. The highest BCUT2D eigenvalue weighted by molar-refractivity contribution is 5.87. The molecule has 1 aromatic heterocycles. The average Bonchev–Trinajstić information content (AvgIpc) is 2.96. The second-order valence-electron chi connectivity index (χ2n) is 7.16. The Balaban J connectivity index is 1.51. The molecular weight excluding hydrogens is 330 g/mol. The lowest BCUT2D eigenvalue weighted by molar-refractivity contribution is 0.0696. The van der Waals surface area contributed by atoms with Gasteiger partial charge >= 0.3 is 5.97 Å². The van der Waals surface area contributed by atoms with Crippen molar-refractivity contribution in [3.8, 4) is 0 Å². The first-order chi connectivity index (χ1) is 12.5. The van der Waals surface area contributed by atoms with Crippen LogP contribution in [0.2, 0.25) is 0 Å². The van der Waals surface area contributed by atoms with Crippen molar-refractivity contribution in [2.45, 2.75) is 39.3 Å². The highest BCUT2D eigenvalue weighted by atomic mass is 16.4. The summed E-state index contributed by atoms with van der Waals surface area (Å²) in [6.45, 7) is 5.67. The quantitative estimate of drug-likeness (QED) is 0.795. The summed E-state index contributed by atoms with van der Waals surface area (Å²) in [5.74, 6) is -0.257. The van der Waals surface area contributed by atoms with E-state index in [2.05, 4.69) is 10.00 Å². The van der Waals surface area contributed by atoms with Crippen molar-refractivity contribution in [3.05, 3.63) is 52.8 Å². The largest absolute Gasteiger partial charge is 0.478 e. The van der Waals surface area contributed by atoms with Crippen LogP contribution in [0, 0.1) is 12.8 Å². The van der Waals surface area contributed by atoms with Gasteiger partial charge in [0.15, 0.2) is 0 Å². The topological polar surface area (TPSA) is 78.6 Å². The number of likely N-dealkylation sites (tertiary alicyclic amines) is 1. The first-order valence-corrected chi connectivity index (χ1v) is 9.23. The van der Waals surface area contributed by atoms with Crippen LogP contribution in [0.4, 0.5) is 0 Å². The number of carboxylic acids is 1. The van der Waals surface area contributed by atoms with E-state index in [-0.39, 0.29) is 6.61 Å². The lowest BCUT2D eigenvalue weighted by atomic mass is 9.89. The number of carboxylic acid groups (broad SMARTS) is 1. The molecule has 2 aromatic rings. The normalized spacial score (nSPS) is 16.1. The molecule has 0 spiro atoms. The third-order valence-corrected chi connectivity index (χ3v) is 5.18. The van der Waals surface area contributed by atoms with Crippen molar-refractivity contribution in [2.75, 3.05) is 19.7 Å². The summed E-state index contributed by atoms with van der Waals surface area (Å²) in [5.41, 5.74) is 3.75. The smallest absolute Gasteiger partial charge is 0.335 e. The standard InChI is InChI=1S/C20H27N3O3/c1-15-19(14-23(21-15)9-10-24)13-22-7-5-16(6-8-22)11-17-3-2-4-18(12-17)20(25)26/h2-4,12,14,16,24H,5-11,13H2,1H3,(H,25,26). The SMILES string of the molecule is Cc1nn(CCO)cc1CN1CCC(Cc2cccc(C(=O)O)c2)CC1. The van der Waals surface area contributed by atoms with Crippen molar-refractivity contribution in [2.24, 2.45) is 5.92 Å². The highest BCUT2D eigenvalue weighted by Crippen LogP contribution is 2.23. The third kappa shape index (κ3) is 4.71. The number of aryl methyl sites for hydroxylation is 1. The molecule has 0 atom stereocenters. The van der Waals surface area contributed by atoms with Gasteiger partial charge in [-0.1, -0.05) is 12.1 Å². The first-order valence-electron chi connectivity index (χ1n) is 9.23. The zero-order valence-corrected chi connectivity index (χ0v) is 15.3. The predicted octanol–water partition coefficient (Wildman–Crippen LogP) is 2.34. The number of aliphatic hydroxyl groups is 1. The Kier molecular flexibility index (Phi) is 6.06. The van der Waals surface area contributed by atoms with Gasteiger partial charge in [-0.25, -0.2) is 4.79 Å². The fourth-order valence-corrected chi connectivity index (χ4v) is 3.69. The lowest BCUT2D eigenvalue weighted by Gasteiger charge is -2.32. The summed E-state index contributed by atoms with van der Waals surface area (Å²) < 4.78 is 1.81. The minimum absolute atomic E-state index is 0.106. The molecule has 0 bridgehead atoms. The van der Waals surface area contributed by atoms with E-state index in [9.17, 15) is 4.79 Å². The van der Waals surface area contributed by atoms with Gasteiger partial charge in [-0.3, -0.25) is 9.58 Å². The number of aromatic carboxylic acids is 1. The molecule has 1 aliphatic heterocycles. The average molecular weight is 357 g/mol. The fourth-order valence-electron chi connectivity index (χ4n) is 3.69. The van der Waals surface area contributed by atoms with Crippen molar-refractivity contribution in [1.29, 1.82) is 0 Å². The molecular formula is C20H27N3O3. The summed E-state index contributed by atoms with van der Waals surface area (Å²) in [5, 5.41) is 22.6. The number of benzene rings is 1. The van der Waals surface area contributed by atoms with Gasteiger partial charge in [-0.2, -0.15) is 5.10 Å². The van der Waals surface area contributed by atoms with Gasteiger partial charge < -0.3 is 10.2 Å². The van der Waals surface area contributed by atoms with Crippen LogP contribution in [-0.2, 0) is 19.5 Å². The maximum Gasteiger partial charge on any atom is 0.335 e. The Morgan fingerprint density at radius 3 is 2.77 bits per heavy atom. The number of piperidine rings is 1. The summed E-state index contributed by atoms with van der Waals surface area (Å²) in [4.78, 5) is 13.6. The summed E-state index contributed by atoms with van der Waals surface area (Å²) in [7, 11) is 0. The molecule has 1 aliphatic rings. The molecule has 0 saturated carbocycles. The molecule has 1 aromatic carbocycles. The van der Waals surface area contributed by atoms with E-state index in [0.717, 1.165) is 50.2 Å². The zero-order chi connectivity index (χ0) is 18.5. The molecule has 140 valence electrons. The molecule has 3 rings (SSSR count). The van der Waals surface area contributed by atoms with Crippen molar-refractivity contribution >= 4 is 5.97 Å². The monoisotopic (exact) mass is 357 g/mol. The molecule has 0 amide bonds. The van der Waals surface area contributed by atoms with Gasteiger partial charge in [0, 0.05) is 18.3 Å². The van der Waals surface area contributed by atoms with Gasteiger partial charge in [-0.05, 0) is 62.9 Å². The van der Waals surface area contributed by atoms with Crippen LogP contribution in [0.5, 0.6) is 0 Å². The van der Waals surface area contributed by atoms with Gasteiger partial charge in [-0.15, -0.1) is 0 Å². The molecule has 6 nitrogen and oxygen atoms in total. The van der Waals surface area contributed by atoms with Gasteiger partial charge in [0.1, 0.15) is 0 Å². The van der Waals surface area contributed by atoms with Crippen molar-refractivity contribution in [3.63, 3.8) is 0 Å². The van der Waals surface area contributed by atoms with Gasteiger partial charge in [0.2, 0.25) is 0 Å². The van der Waals surface area contributed by atoms with Crippen LogP contribution in [0.15, 0.2) is 30.5 Å². The molecule has 0 unspecified atom stereocenters. The fraction of sp³-hybridized carbons (Fsp3) is 0.500. The van der Waals surface area contributed by atoms with E-state index in [1.807, 2.05) is 29.9 Å². The van der Waals surface area contributed by atoms with Crippen LogP contribution in [0.25, 0.3) is 0 Å². The molecule has 6 heteroatoms. The molecule has 1 fully saturated rings. The van der Waals surface area contributed by atoms with E-state index in [1.165, 1.54) is 5.56 Å². The van der Waals surface area contributed by atoms with Gasteiger partial charge in [0.25, 0.3) is 0 Å². The Hall–Kier alpha value is -2.18. The number of hydrogen-bond donors (Lipinski definition) is 2. The maximum atomic E-state index is 11.1. The van der Waals surface area contributed by atoms with Crippen LogP contribution in [0.1, 0.15) is 40.0 Å². The number of aromatic nitrogens is 2. The van der Waals surface area contributed by atoms with E-state index in [1.54, 1.807) is 12.1 Å². The number of aliphatic hydroxyl groups excluding tert-OH is 1. The third-order valence-electron chi connectivity index (χ3n) is 5.18. The lowest BCUT2D eigenvalue weighted by Crippen LogP contribution is -2.34. The van der Waals surface area contributed by atoms with E-state index >= 15 is 0 Å². The maximum absolute atomic E-state index is 11.1. The molecule has 1 saturated heterocycles. The Morgan fingerprint density at radius 1 is 1.31 bits per heavy atom. The van der Waals surface area contributed by atoms with Crippen molar-refractivity contribution in [1.82, 2.24) is 14.7 Å². The zero-order valence-electron chi connectivity index (χ0n) is 15.3. The van der Waals surface area contributed by atoms with E-state index in [0.29, 0.717) is 18.0 Å². The van der Waals surface area contributed by atoms with E-state index < -0.39 is 5.97 Å². The Bertz CT molecular complexity index is 749. The minimum Gasteiger partial charge on any atom is -0.478 e. The Morgan fingerprint density at radius 2 is 2.08 bits per heavy atom. The minimum atomic E-state index is -0.862. The second-order valence-corrected chi connectivity index (χ2v) is 7.16. The van der Waals surface area contributed by atoms with Crippen LogP contribution >= 0.6 is 0 Å². The highest BCUT2D eigenvalue weighted by Gasteiger charge is 2.21. The number of rotatable bonds is 7. The molecule has 2 heterocycles. The number of nitrogens with zero attached hydrogens (tertiary/aromatic N) is 3. The predicted molar refractivity (Wildman–Crippen MR) is 99.2 cm³/mol.